The number of likely N-dealkylation sites (tertiary alicyclic amines) is 2. The van der Waals surface area contributed by atoms with Gasteiger partial charge in [-0.15, -0.1) is 0 Å². The quantitative estimate of drug-likeness (QED) is 0.439. The van der Waals surface area contributed by atoms with Crippen LogP contribution in [0.25, 0.3) is 0 Å². The van der Waals surface area contributed by atoms with Crippen LogP contribution in [0.2, 0.25) is 0 Å². The summed E-state index contributed by atoms with van der Waals surface area (Å²) in [7, 11) is 3.52. The Bertz CT molecular complexity index is 1490. The van der Waals surface area contributed by atoms with Gasteiger partial charge in [0.2, 0.25) is 5.95 Å². The topological polar surface area (TPSA) is 133 Å². The molecule has 5 heterocycles. The van der Waals surface area contributed by atoms with Crippen molar-refractivity contribution in [1.82, 2.24) is 29.7 Å². The van der Waals surface area contributed by atoms with Crippen LogP contribution in [-0.2, 0) is 9.53 Å². The molecule has 4 aliphatic rings. The van der Waals surface area contributed by atoms with Crippen LogP contribution in [0.15, 0.2) is 29.5 Å². The molecular formula is C34H46N8O4. The molecule has 3 aliphatic heterocycles. The number of hydrogen-bond acceptors (Lipinski definition) is 9. The number of nitrogens with zero attached hydrogens (tertiary/aromatic N) is 7. The second-order valence-corrected chi connectivity index (χ2v) is 14.6. The molecule has 1 atom stereocenters. The van der Waals surface area contributed by atoms with Gasteiger partial charge < -0.3 is 24.8 Å². The van der Waals surface area contributed by atoms with Crippen LogP contribution < -0.4 is 5.32 Å². The highest BCUT2D eigenvalue weighted by atomic mass is 16.6. The number of ether oxygens (including phenoxy) is 1. The summed E-state index contributed by atoms with van der Waals surface area (Å²) in [5.74, 6) is 0.953. The molecule has 0 aromatic carbocycles. The van der Waals surface area contributed by atoms with Crippen LogP contribution in [-0.4, -0.2) is 99.1 Å². The third kappa shape index (κ3) is 6.71. The van der Waals surface area contributed by atoms with Crippen LogP contribution in [0.4, 0.5) is 22.2 Å². The van der Waals surface area contributed by atoms with Crippen molar-refractivity contribution >= 4 is 41.1 Å². The van der Waals surface area contributed by atoms with Crippen LogP contribution in [0.3, 0.4) is 0 Å². The summed E-state index contributed by atoms with van der Waals surface area (Å²) < 4.78 is 5.50. The first kappa shape index (κ1) is 31.9. The van der Waals surface area contributed by atoms with Gasteiger partial charge in [-0.05, 0) is 64.5 Å². The first-order chi connectivity index (χ1) is 21.9. The number of hydrogen-bond donors (Lipinski definition) is 1. The van der Waals surface area contributed by atoms with Gasteiger partial charge >= 0.3 is 6.09 Å². The van der Waals surface area contributed by atoms with Gasteiger partial charge in [-0.2, -0.15) is 0 Å². The second-order valence-electron chi connectivity index (χ2n) is 14.6. The highest BCUT2D eigenvalue weighted by Gasteiger charge is 2.48. The number of carbonyl (C=O) groups is 3. The Balaban J connectivity index is 1.07. The monoisotopic (exact) mass is 630 g/mol. The number of anilines is 2. The molecule has 1 unspecified atom stereocenters. The molecule has 2 saturated heterocycles. The van der Waals surface area contributed by atoms with Crippen LogP contribution in [0, 0.1) is 11.3 Å². The zero-order valence-electron chi connectivity index (χ0n) is 27.7. The molecule has 1 N–H and O–H groups in total. The van der Waals surface area contributed by atoms with Crippen molar-refractivity contribution in [2.45, 2.75) is 83.7 Å². The van der Waals surface area contributed by atoms with Crippen molar-refractivity contribution in [3.05, 3.63) is 35.8 Å². The fraction of sp³-hybridized carbons (Fsp3) is 0.618. The van der Waals surface area contributed by atoms with Crippen LogP contribution in [0.1, 0.15) is 94.1 Å². The predicted octanol–water partition coefficient (Wildman–Crippen LogP) is 5.32. The van der Waals surface area contributed by atoms with Gasteiger partial charge in [-0.1, -0.05) is 25.7 Å². The molecule has 3 fully saturated rings. The zero-order chi connectivity index (χ0) is 32.6. The summed E-state index contributed by atoms with van der Waals surface area (Å²) in [6.45, 7) is 8.27. The Morgan fingerprint density at radius 2 is 1.65 bits per heavy atom. The molecule has 46 heavy (non-hydrogen) atoms. The number of aromatic nitrogens is 3. The van der Waals surface area contributed by atoms with Crippen molar-refractivity contribution < 1.29 is 19.1 Å². The van der Waals surface area contributed by atoms with Gasteiger partial charge in [0, 0.05) is 51.9 Å². The lowest BCUT2D eigenvalue weighted by Gasteiger charge is -2.53. The van der Waals surface area contributed by atoms with E-state index >= 15 is 0 Å². The minimum atomic E-state index is -0.508. The molecule has 12 nitrogen and oxygen atoms in total. The smallest absolute Gasteiger partial charge is 0.410 e. The fourth-order valence-electron chi connectivity index (χ4n) is 7.20. The average molecular weight is 631 g/mol. The standard InChI is InChI=1S/C34H46N8O4/c1-33(2,3)46-32(45)42-20-34(21-42)14-16-41(17-15-34)29(43)23-12-13-25(35-18-23)38-31-36-19-24-27(39-31)26(22-10-8-6-7-9-11-22)28(37-24)30(44)40(4)5/h12-13,18-19,22,26H,6-11,14-17,20-21H2,1-5H3,(H,35,36,38,39). The number of pyridine rings is 1. The van der Waals surface area contributed by atoms with Crippen molar-refractivity contribution in [3.8, 4) is 0 Å². The van der Waals surface area contributed by atoms with E-state index in [0.717, 1.165) is 44.2 Å². The van der Waals surface area contributed by atoms with Gasteiger partial charge in [-0.3, -0.25) is 9.59 Å². The number of amides is 3. The van der Waals surface area contributed by atoms with Crippen molar-refractivity contribution in [2.75, 3.05) is 45.6 Å². The highest BCUT2D eigenvalue weighted by molar-refractivity contribution is 6.42. The van der Waals surface area contributed by atoms with Crippen molar-refractivity contribution in [3.63, 3.8) is 0 Å². The predicted molar refractivity (Wildman–Crippen MR) is 175 cm³/mol. The molecule has 6 rings (SSSR count). The summed E-state index contributed by atoms with van der Waals surface area (Å²) in [5.41, 5.74) is 2.09. The molecule has 1 spiro atoms. The molecule has 2 aromatic heterocycles. The van der Waals surface area contributed by atoms with E-state index in [0.29, 0.717) is 60.8 Å². The van der Waals surface area contributed by atoms with Gasteiger partial charge in [-0.25, -0.2) is 24.7 Å². The van der Waals surface area contributed by atoms with Gasteiger partial charge in [0.25, 0.3) is 11.8 Å². The third-order valence-electron chi connectivity index (χ3n) is 9.69. The summed E-state index contributed by atoms with van der Waals surface area (Å²) in [4.78, 5) is 62.6. The molecule has 246 valence electrons. The third-order valence-corrected chi connectivity index (χ3v) is 9.69. The fourth-order valence-corrected chi connectivity index (χ4v) is 7.20. The lowest BCUT2D eigenvalue weighted by molar-refractivity contribution is -0.122. The summed E-state index contributed by atoms with van der Waals surface area (Å²) >= 11 is 0. The zero-order valence-corrected chi connectivity index (χ0v) is 27.7. The van der Waals surface area contributed by atoms with E-state index in [1.807, 2.05) is 25.7 Å². The maximum Gasteiger partial charge on any atom is 0.410 e. The van der Waals surface area contributed by atoms with Gasteiger partial charge in [0.15, 0.2) is 0 Å². The molecule has 0 bridgehead atoms. The average Bonchev–Trinajstić information content (AvgIpc) is 3.16. The van der Waals surface area contributed by atoms with Crippen molar-refractivity contribution in [2.24, 2.45) is 16.3 Å². The minimum absolute atomic E-state index is 0.0486. The number of fused-ring (bicyclic) bond motifs is 1. The Kier molecular flexibility index (Phi) is 8.73. The van der Waals surface area contributed by atoms with Crippen molar-refractivity contribution in [1.29, 1.82) is 0 Å². The number of rotatable bonds is 5. The normalized spacial score (nSPS) is 21.2. The van der Waals surface area contributed by atoms with E-state index in [4.69, 9.17) is 14.7 Å². The molecular weight excluding hydrogens is 584 g/mol. The van der Waals surface area contributed by atoms with Crippen LogP contribution in [0.5, 0.6) is 0 Å². The molecule has 12 heteroatoms. The number of piperidine rings is 1. The first-order valence-electron chi connectivity index (χ1n) is 16.6. The van der Waals surface area contributed by atoms with E-state index in [1.54, 1.807) is 48.4 Å². The van der Waals surface area contributed by atoms with E-state index < -0.39 is 5.60 Å². The largest absolute Gasteiger partial charge is 0.444 e. The Morgan fingerprint density at radius 1 is 0.957 bits per heavy atom. The summed E-state index contributed by atoms with van der Waals surface area (Å²) in [5, 5.41) is 3.19. The molecule has 0 radical (unpaired) electrons. The van der Waals surface area contributed by atoms with Gasteiger partial charge in [0.1, 0.15) is 22.8 Å². The van der Waals surface area contributed by atoms with E-state index in [1.165, 1.54) is 12.8 Å². The SMILES string of the molecule is CN(C)C(=O)C1=Nc2cnc(Nc3ccc(C(=O)N4CCC5(CC4)CN(C(=O)OC(C)(C)C)C5)cn3)nc2C1C1CCCCCC1. The number of carbonyl (C=O) groups excluding carboxylic acids is 3. The number of aliphatic imine (C=N–C) groups is 1. The maximum atomic E-state index is 13.3. The summed E-state index contributed by atoms with van der Waals surface area (Å²) in [6, 6.07) is 3.54. The molecule has 1 aliphatic carbocycles. The van der Waals surface area contributed by atoms with Crippen LogP contribution >= 0.6 is 0 Å². The van der Waals surface area contributed by atoms with E-state index in [9.17, 15) is 14.4 Å². The lowest BCUT2D eigenvalue weighted by atomic mass is 9.72. The van der Waals surface area contributed by atoms with E-state index in [-0.39, 0.29) is 29.2 Å². The second kappa shape index (κ2) is 12.6. The molecule has 2 aromatic rings. The highest BCUT2D eigenvalue weighted by Crippen LogP contribution is 2.44. The number of nitrogens with one attached hydrogen (secondary N) is 1. The minimum Gasteiger partial charge on any atom is -0.444 e. The Labute approximate surface area is 271 Å². The Hall–Kier alpha value is -4.09. The van der Waals surface area contributed by atoms with Gasteiger partial charge in [0.05, 0.1) is 23.4 Å². The molecule has 1 saturated carbocycles. The summed E-state index contributed by atoms with van der Waals surface area (Å²) in [6.07, 6.45) is 11.6. The Morgan fingerprint density at radius 3 is 2.26 bits per heavy atom. The first-order valence-corrected chi connectivity index (χ1v) is 16.6. The van der Waals surface area contributed by atoms with E-state index in [2.05, 4.69) is 15.3 Å². The maximum absolute atomic E-state index is 13.3. The molecule has 3 amide bonds. The lowest BCUT2D eigenvalue weighted by Crippen LogP contribution is -2.62.